The molecule has 0 saturated carbocycles. The van der Waals surface area contributed by atoms with Crippen molar-refractivity contribution in [2.75, 3.05) is 6.61 Å². The number of ether oxygens (including phenoxy) is 1. The van der Waals surface area contributed by atoms with E-state index >= 15 is 0 Å². The largest absolute Gasteiger partial charge is 0.512 e. The van der Waals surface area contributed by atoms with E-state index in [4.69, 9.17) is 4.74 Å². The summed E-state index contributed by atoms with van der Waals surface area (Å²) in [5.74, 6) is -0.436. The Balaban J connectivity index is 2.83. The average molecular weight is 220 g/mol. The molecule has 0 aliphatic rings. The van der Waals surface area contributed by atoms with E-state index in [0.717, 1.165) is 5.56 Å². The van der Waals surface area contributed by atoms with Gasteiger partial charge in [-0.15, -0.1) is 0 Å². The Morgan fingerprint density at radius 1 is 1.31 bits per heavy atom. The summed E-state index contributed by atoms with van der Waals surface area (Å²) < 4.78 is 4.88. The van der Waals surface area contributed by atoms with Crippen molar-refractivity contribution in [1.29, 1.82) is 0 Å². The number of carbonyl (C=O) groups is 1. The van der Waals surface area contributed by atoms with Crippen molar-refractivity contribution in [1.82, 2.24) is 0 Å². The first-order valence-corrected chi connectivity index (χ1v) is 5.25. The lowest BCUT2D eigenvalue weighted by atomic mass is 10.0. The number of esters is 1. The summed E-state index contributed by atoms with van der Waals surface area (Å²) in [6, 6.07) is 9.50. The second-order valence-electron chi connectivity index (χ2n) is 3.45. The first kappa shape index (κ1) is 12.3. The van der Waals surface area contributed by atoms with Crippen molar-refractivity contribution in [2.45, 2.75) is 20.3 Å². The smallest absolute Gasteiger partial charge is 0.337 e. The number of allylic oxidation sites excluding steroid dienone is 1. The maximum absolute atomic E-state index is 11.5. The molecule has 0 fully saturated rings. The first-order chi connectivity index (χ1) is 7.65. The molecule has 0 bridgehead atoms. The summed E-state index contributed by atoms with van der Waals surface area (Å²) in [4.78, 5) is 11.5. The molecule has 86 valence electrons. The summed E-state index contributed by atoms with van der Waals surface area (Å²) in [7, 11) is 0. The minimum Gasteiger partial charge on any atom is -0.512 e. The Hall–Kier alpha value is -1.77. The highest BCUT2D eigenvalue weighted by Crippen LogP contribution is 2.12. The molecule has 0 radical (unpaired) electrons. The van der Waals surface area contributed by atoms with Gasteiger partial charge in [0.1, 0.15) is 0 Å². The molecular formula is C13H16O3. The molecule has 1 rings (SSSR count). The van der Waals surface area contributed by atoms with Crippen LogP contribution in [0.15, 0.2) is 41.7 Å². The van der Waals surface area contributed by atoms with Gasteiger partial charge in [-0.1, -0.05) is 30.3 Å². The fourth-order valence-corrected chi connectivity index (χ4v) is 1.37. The third-order valence-corrected chi connectivity index (χ3v) is 2.18. The molecule has 16 heavy (non-hydrogen) atoms. The van der Waals surface area contributed by atoms with Crippen molar-refractivity contribution >= 4 is 5.97 Å². The van der Waals surface area contributed by atoms with Crippen LogP contribution >= 0.6 is 0 Å². The van der Waals surface area contributed by atoms with Crippen LogP contribution < -0.4 is 0 Å². The molecule has 3 heteroatoms. The molecule has 1 aromatic rings. The van der Waals surface area contributed by atoms with Crippen LogP contribution in [0.3, 0.4) is 0 Å². The number of aliphatic hydroxyl groups is 1. The number of aliphatic hydroxyl groups excluding tert-OH is 1. The molecule has 0 heterocycles. The molecule has 1 N–H and O–H groups in total. The topological polar surface area (TPSA) is 46.5 Å². The predicted molar refractivity (Wildman–Crippen MR) is 62.1 cm³/mol. The minimum atomic E-state index is -0.452. The van der Waals surface area contributed by atoms with Crippen LogP contribution in [0.25, 0.3) is 0 Å². The van der Waals surface area contributed by atoms with Gasteiger partial charge in [0.25, 0.3) is 0 Å². The van der Waals surface area contributed by atoms with Crippen molar-refractivity contribution < 1.29 is 14.6 Å². The van der Waals surface area contributed by atoms with Crippen LogP contribution in [0.5, 0.6) is 0 Å². The van der Waals surface area contributed by atoms with E-state index < -0.39 is 5.97 Å². The number of hydrogen-bond acceptors (Lipinski definition) is 3. The zero-order valence-corrected chi connectivity index (χ0v) is 9.56. The minimum absolute atomic E-state index is 0.0160. The highest BCUT2D eigenvalue weighted by Gasteiger charge is 2.14. The highest BCUT2D eigenvalue weighted by molar-refractivity contribution is 5.89. The van der Waals surface area contributed by atoms with Crippen LogP contribution in [-0.4, -0.2) is 17.7 Å². The number of carbonyl (C=O) groups excluding carboxylic acids is 1. The van der Waals surface area contributed by atoms with Crippen molar-refractivity contribution in [3.05, 3.63) is 47.2 Å². The van der Waals surface area contributed by atoms with Crippen LogP contribution in [0.4, 0.5) is 0 Å². The Labute approximate surface area is 95.4 Å². The second kappa shape index (κ2) is 5.95. The van der Waals surface area contributed by atoms with E-state index in [1.807, 2.05) is 30.3 Å². The second-order valence-corrected chi connectivity index (χ2v) is 3.45. The van der Waals surface area contributed by atoms with E-state index in [1.54, 1.807) is 6.92 Å². The average Bonchev–Trinajstić information content (AvgIpc) is 2.27. The van der Waals surface area contributed by atoms with Gasteiger partial charge in [0.05, 0.1) is 17.9 Å². The Morgan fingerprint density at radius 3 is 2.44 bits per heavy atom. The molecule has 1 aromatic carbocycles. The quantitative estimate of drug-likeness (QED) is 0.482. The molecule has 0 aliphatic heterocycles. The lowest BCUT2D eigenvalue weighted by Gasteiger charge is -2.08. The third-order valence-electron chi connectivity index (χ3n) is 2.18. The lowest BCUT2D eigenvalue weighted by Crippen LogP contribution is -2.11. The lowest BCUT2D eigenvalue weighted by molar-refractivity contribution is -0.138. The zero-order valence-electron chi connectivity index (χ0n) is 9.56. The van der Waals surface area contributed by atoms with E-state index in [2.05, 4.69) is 0 Å². The van der Waals surface area contributed by atoms with E-state index in [1.165, 1.54) is 6.92 Å². The van der Waals surface area contributed by atoms with Gasteiger partial charge >= 0.3 is 5.97 Å². The van der Waals surface area contributed by atoms with Gasteiger partial charge in [0, 0.05) is 6.42 Å². The molecule has 0 aliphatic carbocycles. The summed E-state index contributed by atoms with van der Waals surface area (Å²) in [5.41, 5.74) is 1.28. The molecule has 0 saturated heterocycles. The van der Waals surface area contributed by atoms with E-state index in [9.17, 15) is 9.90 Å². The fourth-order valence-electron chi connectivity index (χ4n) is 1.37. The number of benzene rings is 1. The molecule has 0 amide bonds. The summed E-state index contributed by atoms with van der Waals surface area (Å²) in [6.07, 6.45) is 0.391. The summed E-state index contributed by atoms with van der Waals surface area (Å²) in [6.45, 7) is 3.55. The fraction of sp³-hybridized carbons (Fsp3) is 0.308. The van der Waals surface area contributed by atoms with Gasteiger partial charge in [-0.25, -0.2) is 4.79 Å². The first-order valence-electron chi connectivity index (χ1n) is 5.25. The van der Waals surface area contributed by atoms with Crippen LogP contribution in [0.1, 0.15) is 19.4 Å². The summed E-state index contributed by atoms with van der Waals surface area (Å²) >= 11 is 0. The van der Waals surface area contributed by atoms with Gasteiger partial charge in [-0.05, 0) is 19.4 Å². The van der Waals surface area contributed by atoms with Gasteiger partial charge in [0.2, 0.25) is 0 Å². The normalized spacial score (nSPS) is 11.9. The SMILES string of the molecule is CCOC(=O)/C(Cc1ccccc1)=C(/C)O. The standard InChI is InChI=1S/C13H16O3/c1-3-16-13(15)12(10(2)14)9-11-7-5-4-6-8-11/h4-8,14H,3,9H2,1-2H3/b12-10-. The molecule has 0 atom stereocenters. The van der Waals surface area contributed by atoms with Gasteiger partial charge in [-0.2, -0.15) is 0 Å². The van der Waals surface area contributed by atoms with Crippen molar-refractivity contribution in [2.24, 2.45) is 0 Å². The number of rotatable bonds is 4. The van der Waals surface area contributed by atoms with Crippen LogP contribution in [0.2, 0.25) is 0 Å². The highest BCUT2D eigenvalue weighted by atomic mass is 16.5. The Kier molecular flexibility index (Phi) is 4.58. The Bertz CT molecular complexity index is 375. The maximum Gasteiger partial charge on any atom is 0.337 e. The third kappa shape index (κ3) is 3.42. The van der Waals surface area contributed by atoms with Crippen LogP contribution in [-0.2, 0) is 16.0 Å². The van der Waals surface area contributed by atoms with Crippen molar-refractivity contribution in [3.8, 4) is 0 Å². The van der Waals surface area contributed by atoms with Crippen molar-refractivity contribution in [3.63, 3.8) is 0 Å². The maximum atomic E-state index is 11.5. The molecular weight excluding hydrogens is 204 g/mol. The van der Waals surface area contributed by atoms with Gasteiger partial charge in [0.15, 0.2) is 0 Å². The molecule has 0 spiro atoms. The van der Waals surface area contributed by atoms with E-state index in [-0.39, 0.29) is 5.76 Å². The Morgan fingerprint density at radius 2 is 1.94 bits per heavy atom. The van der Waals surface area contributed by atoms with Gasteiger partial charge in [-0.3, -0.25) is 0 Å². The van der Waals surface area contributed by atoms with E-state index in [0.29, 0.717) is 18.6 Å². The van der Waals surface area contributed by atoms with Crippen LogP contribution in [0, 0.1) is 0 Å². The zero-order chi connectivity index (χ0) is 12.0. The summed E-state index contributed by atoms with van der Waals surface area (Å²) in [5, 5.41) is 9.45. The monoisotopic (exact) mass is 220 g/mol. The number of hydrogen-bond donors (Lipinski definition) is 1. The van der Waals surface area contributed by atoms with Gasteiger partial charge < -0.3 is 9.84 Å². The molecule has 0 unspecified atom stereocenters. The predicted octanol–water partition coefficient (Wildman–Crippen LogP) is 2.62. The molecule has 3 nitrogen and oxygen atoms in total. The molecule has 0 aromatic heterocycles.